The Morgan fingerprint density at radius 1 is 1.07 bits per heavy atom. The second-order valence-corrected chi connectivity index (χ2v) is 7.16. The minimum absolute atomic E-state index is 0.0962. The summed E-state index contributed by atoms with van der Waals surface area (Å²) in [6.45, 7) is 7.26. The molecule has 0 amide bonds. The van der Waals surface area contributed by atoms with E-state index in [2.05, 4.69) is 22.0 Å². The van der Waals surface area contributed by atoms with Gasteiger partial charge in [0.15, 0.2) is 23.6 Å². The molecule has 1 atom stereocenters. The van der Waals surface area contributed by atoms with Gasteiger partial charge in [0.1, 0.15) is 12.4 Å². The number of hydrogen-bond donors (Lipinski definition) is 2. The first-order valence-corrected chi connectivity index (χ1v) is 10.2. The van der Waals surface area contributed by atoms with Crippen LogP contribution in [0, 0.1) is 0 Å². The molecule has 0 radical (unpaired) electrons. The fourth-order valence-electron chi connectivity index (χ4n) is 3.66. The molecule has 2 aliphatic rings. The number of fused-ring (bicyclic) bond motifs is 1. The summed E-state index contributed by atoms with van der Waals surface area (Å²) in [4.78, 5) is 9.28. The first-order valence-electron chi connectivity index (χ1n) is 10.2. The van der Waals surface area contributed by atoms with Crippen molar-refractivity contribution in [2.75, 3.05) is 50.8 Å². The van der Waals surface area contributed by atoms with Crippen LogP contribution in [0.5, 0.6) is 17.2 Å². The maximum Gasteiger partial charge on any atom is 0.194 e. The first kappa shape index (κ1) is 19.2. The molecule has 2 aromatic carbocycles. The Morgan fingerprint density at radius 3 is 2.55 bits per heavy atom. The van der Waals surface area contributed by atoms with Gasteiger partial charge in [-0.2, -0.15) is 0 Å². The van der Waals surface area contributed by atoms with Gasteiger partial charge in [-0.3, -0.25) is 0 Å². The van der Waals surface area contributed by atoms with Gasteiger partial charge in [-0.1, -0.05) is 24.3 Å². The van der Waals surface area contributed by atoms with E-state index in [9.17, 15) is 5.11 Å². The highest BCUT2D eigenvalue weighted by molar-refractivity contribution is 5.80. The molecule has 1 saturated heterocycles. The number of phenolic OH excluding ortho intramolecular Hbond substituents is 1. The van der Waals surface area contributed by atoms with Crippen LogP contribution >= 0.6 is 0 Å². The number of hydrogen-bond acceptors (Lipinski definition) is 5. The topological polar surface area (TPSA) is 69.6 Å². The molecule has 1 fully saturated rings. The third-order valence-electron chi connectivity index (χ3n) is 5.15. The van der Waals surface area contributed by atoms with Gasteiger partial charge in [0, 0.05) is 32.7 Å². The smallest absolute Gasteiger partial charge is 0.194 e. The number of anilines is 1. The lowest BCUT2D eigenvalue weighted by Gasteiger charge is -2.38. The van der Waals surface area contributed by atoms with Crippen LogP contribution in [0.4, 0.5) is 5.69 Å². The van der Waals surface area contributed by atoms with Crippen molar-refractivity contribution >= 4 is 11.6 Å². The molecule has 4 rings (SSSR count). The molecule has 1 unspecified atom stereocenters. The number of para-hydroxylation sites is 4. The van der Waals surface area contributed by atoms with Gasteiger partial charge in [-0.05, 0) is 31.2 Å². The molecule has 29 heavy (non-hydrogen) atoms. The summed E-state index contributed by atoms with van der Waals surface area (Å²) in [5.74, 6) is 2.79. The summed E-state index contributed by atoms with van der Waals surface area (Å²) in [6, 6.07) is 15.2. The Bertz CT molecular complexity index is 849. The van der Waals surface area contributed by atoms with E-state index in [1.807, 2.05) is 42.5 Å². The van der Waals surface area contributed by atoms with Gasteiger partial charge in [0.25, 0.3) is 0 Å². The van der Waals surface area contributed by atoms with Crippen molar-refractivity contribution in [3.63, 3.8) is 0 Å². The molecule has 2 heterocycles. The van der Waals surface area contributed by atoms with E-state index in [4.69, 9.17) is 14.5 Å². The van der Waals surface area contributed by atoms with Gasteiger partial charge in [0.2, 0.25) is 0 Å². The number of nitrogens with one attached hydrogen (secondary N) is 1. The zero-order valence-electron chi connectivity index (χ0n) is 16.8. The van der Waals surface area contributed by atoms with Crippen LogP contribution in [0.15, 0.2) is 53.5 Å². The highest BCUT2D eigenvalue weighted by atomic mass is 16.6. The van der Waals surface area contributed by atoms with E-state index in [1.165, 1.54) is 0 Å². The lowest BCUT2D eigenvalue weighted by Crippen LogP contribution is -2.53. The minimum Gasteiger partial charge on any atom is -0.506 e. The van der Waals surface area contributed by atoms with E-state index in [0.29, 0.717) is 18.9 Å². The molecule has 7 nitrogen and oxygen atoms in total. The predicted octanol–water partition coefficient (Wildman–Crippen LogP) is 2.32. The van der Waals surface area contributed by atoms with Crippen molar-refractivity contribution in [3.8, 4) is 17.2 Å². The zero-order chi connectivity index (χ0) is 20.1. The van der Waals surface area contributed by atoms with Crippen LogP contribution in [-0.4, -0.2) is 67.9 Å². The number of piperazine rings is 1. The van der Waals surface area contributed by atoms with Crippen LogP contribution < -0.4 is 19.7 Å². The van der Waals surface area contributed by atoms with Crippen molar-refractivity contribution in [2.24, 2.45) is 4.99 Å². The van der Waals surface area contributed by atoms with Crippen LogP contribution in [0.3, 0.4) is 0 Å². The van der Waals surface area contributed by atoms with Crippen molar-refractivity contribution in [3.05, 3.63) is 48.5 Å². The third-order valence-corrected chi connectivity index (χ3v) is 5.15. The molecule has 0 saturated carbocycles. The number of nitrogens with zero attached hydrogens (tertiary/aromatic N) is 3. The number of rotatable bonds is 4. The lowest BCUT2D eigenvalue weighted by atomic mass is 10.2. The standard InChI is InChI=1S/C22H28N4O3/c1-2-23-22(24-15-17-16-28-20-9-5-6-10-21(20)29-17)26-13-11-25(12-14-26)18-7-3-4-8-19(18)27/h3-10,17,27H,2,11-16H2,1H3,(H,23,24). The van der Waals surface area contributed by atoms with Gasteiger partial charge in [-0.15, -0.1) is 0 Å². The Hall–Kier alpha value is -3.09. The third kappa shape index (κ3) is 4.50. The second kappa shape index (κ2) is 8.94. The highest BCUT2D eigenvalue weighted by Crippen LogP contribution is 2.31. The van der Waals surface area contributed by atoms with E-state index in [-0.39, 0.29) is 6.10 Å². The van der Waals surface area contributed by atoms with Crippen molar-refractivity contribution in [2.45, 2.75) is 13.0 Å². The van der Waals surface area contributed by atoms with Crippen molar-refractivity contribution in [1.29, 1.82) is 0 Å². The monoisotopic (exact) mass is 396 g/mol. The normalized spacial score (nSPS) is 19.2. The maximum atomic E-state index is 10.1. The van der Waals surface area contributed by atoms with E-state index < -0.39 is 0 Å². The quantitative estimate of drug-likeness (QED) is 0.611. The number of ether oxygens (including phenoxy) is 2. The van der Waals surface area contributed by atoms with Crippen molar-refractivity contribution in [1.82, 2.24) is 10.2 Å². The highest BCUT2D eigenvalue weighted by Gasteiger charge is 2.23. The number of benzene rings is 2. The number of phenols is 1. The molecule has 0 bridgehead atoms. The maximum absolute atomic E-state index is 10.1. The summed E-state index contributed by atoms with van der Waals surface area (Å²) in [7, 11) is 0. The van der Waals surface area contributed by atoms with Gasteiger partial charge in [-0.25, -0.2) is 4.99 Å². The number of aliphatic imine (C=N–C) groups is 1. The molecule has 0 aliphatic carbocycles. The van der Waals surface area contributed by atoms with Gasteiger partial charge in [0.05, 0.1) is 12.2 Å². The molecule has 2 N–H and O–H groups in total. The van der Waals surface area contributed by atoms with Crippen LogP contribution in [0.2, 0.25) is 0 Å². The average Bonchev–Trinajstić information content (AvgIpc) is 2.77. The Labute approximate surface area is 171 Å². The molecule has 0 spiro atoms. The molecule has 154 valence electrons. The van der Waals surface area contributed by atoms with Crippen LogP contribution in [-0.2, 0) is 0 Å². The summed E-state index contributed by atoms with van der Waals surface area (Å²) in [5.41, 5.74) is 0.889. The van der Waals surface area contributed by atoms with Gasteiger partial charge < -0.3 is 29.7 Å². The predicted molar refractivity (Wildman–Crippen MR) is 114 cm³/mol. The minimum atomic E-state index is -0.0962. The van der Waals surface area contributed by atoms with E-state index >= 15 is 0 Å². The first-order chi connectivity index (χ1) is 14.2. The van der Waals surface area contributed by atoms with Gasteiger partial charge >= 0.3 is 0 Å². The molecule has 2 aromatic rings. The Balaban J connectivity index is 1.36. The van der Waals surface area contributed by atoms with E-state index in [1.54, 1.807) is 6.07 Å². The average molecular weight is 396 g/mol. The summed E-state index contributed by atoms with van der Waals surface area (Å²) >= 11 is 0. The van der Waals surface area contributed by atoms with Crippen LogP contribution in [0.1, 0.15) is 6.92 Å². The largest absolute Gasteiger partial charge is 0.506 e. The molecular formula is C22H28N4O3. The molecule has 2 aliphatic heterocycles. The summed E-state index contributed by atoms with van der Waals surface area (Å²) in [5, 5.41) is 13.5. The number of aromatic hydroxyl groups is 1. The summed E-state index contributed by atoms with van der Waals surface area (Å²) in [6.07, 6.45) is -0.0962. The SMILES string of the molecule is CCNC(=NCC1COc2ccccc2O1)N1CCN(c2ccccc2O)CC1. The zero-order valence-corrected chi connectivity index (χ0v) is 16.8. The van der Waals surface area contributed by atoms with Crippen LogP contribution in [0.25, 0.3) is 0 Å². The number of guanidine groups is 1. The molecular weight excluding hydrogens is 368 g/mol. The lowest BCUT2D eigenvalue weighted by molar-refractivity contribution is 0.0969. The molecule has 0 aromatic heterocycles. The molecule has 7 heteroatoms. The van der Waals surface area contributed by atoms with Crippen molar-refractivity contribution < 1.29 is 14.6 Å². The fourth-order valence-corrected chi connectivity index (χ4v) is 3.66. The van der Waals surface area contributed by atoms with E-state index in [0.717, 1.165) is 55.9 Å². The summed E-state index contributed by atoms with van der Waals surface area (Å²) < 4.78 is 11.8. The Morgan fingerprint density at radius 2 is 1.79 bits per heavy atom. The fraction of sp³-hybridized carbons (Fsp3) is 0.409. The Kier molecular flexibility index (Phi) is 5.93. The second-order valence-electron chi connectivity index (χ2n) is 7.16.